The normalized spacial score (nSPS) is 39.0. The van der Waals surface area contributed by atoms with Gasteiger partial charge in [0.1, 0.15) is 5.78 Å². The maximum absolute atomic E-state index is 11.7. The van der Waals surface area contributed by atoms with Crippen molar-refractivity contribution in [3.05, 3.63) is 10.1 Å². The minimum atomic E-state index is -0.743. The van der Waals surface area contributed by atoms with Crippen LogP contribution < -0.4 is 5.32 Å². The zero-order valence-corrected chi connectivity index (χ0v) is 16.8. The summed E-state index contributed by atoms with van der Waals surface area (Å²) in [5.74, 6) is -0.466. The van der Waals surface area contributed by atoms with Crippen LogP contribution in [0, 0.1) is 16.0 Å². The van der Waals surface area contributed by atoms with E-state index >= 15 is 0 Å². The van der Waals surface area contributed by atoms with Crippen LogP contribution in [0.1, 0.15) is 77.6 Å². The van der Waals surface area contributed by atoms with Gasteiger partial charge < -0.3 is 5.32 Å². The molecule has 0 saturated heterocycles. The van der Waals surface area contributed by atoms with E-state index < -0.39 is 12.0 Å². The van der Waals surface area contributed by atoms with Crippen LogP contribution in [0.4, 0.5) is 0 Å². The minimum Gasteiger partial charge on any atom is -0.311 e. The fourth-order valence-electron chi connectivity index (χ4n) is 5.94. The summed E-state index contributed by atoms with van der Waals surface area (Å²) in [7, 11) is 0. The average Bonchev–Trinajstić information content (AvgIpc) is 3.11. The van der Waals surface area contributed by atoms with E-state index in [1.165, 1.54) is 39.0 Å². The van der Waals surface area contributed by atoms with Gasteiger partial charge in [0.25, 0.3) is 0 Å². The Kier molecular flexibility index (Phi) is 5.94. The van der Waals surface area contributed by atoms with Crippen molar-refractivity contribution in [3.63, 3.8) is 0 Å². The smallest absolute Gasteiger partial charge is 0.224 e. The van der Waals surface area contributed by atoms with E-state index in [4.69, 9.17) is 0 Å². The third kappa shape index (κ3) is 4.07. The SMILES string of the molecule is CC(=O)C1CCC(NC2CCC3C(C2)N=NN3C2CCCCC2)CC1[N+](=O)[O-]. The average molecular weight is 392 g/mol. The van der Waals surface area contributed by atoms with E-state index in [1.807, 2.05) is 0 Å². The first-order chi connectivity index (χ1) is 13.5. The fraction of sp³-hybridized carbons (Fsp3) is 0.950. The van der Waals surface area contributed by atoms with E-state index in [-0.39, 0.29) is 22.8 Å². The lowest BCUT2D eigenvalue weighted by Gasteiger charge is -2.40. The summed E-state index contributed by atoms with van der Waals surface area (Å²) in [5, 5.41) is 26.6. The molecule has 0 aromatic rings. The van der Waals surface area contributed by atoms with Crippen molar-refractivity contribution in [2.24, 2.45) is 16.3 Å². The minimum absolute atomic E-state index is 0.0465. The van der Waals surface area contributed by atoms with Crippen LogP contribution in [0.5, 0.6) is 0 Å². The second-order valence-corrected chi connectivity index (χ2v) is 9.27. The maximum Gasteiger partial charge on any atom is 0.224 e. The Balaban J connectivity index is 1.30. The second-order valence-electron chi connectivity index (χ2n) is 9.27. The van der Waals surface area contributed by atoms with Crippen molar-refractivity contribution in [1.29, 1.82) is 0 Å². The van der Waals surface area contributed by atoms with Crippen molar-refractivity contribution in [2.75, 3.05) is 0 Å². The monoisotopic (exact) mass is 391 g/mol. The van der Waals surface area contributed by atoms with Gasteiger partial charge in [-0.25, -0.2) is 0 Å². The van der Waals surface area contributed by atoms with Gasteiger partial charge in [-0.3, -0.25) is 19.9 Å². The molecule has 4 rings (SSSR count). The Labute approximate surface area is 166 Å². The van der Waals surface area contributed by atoms with Gasteiger partial charge in [-0.1, -0.05) is 24.5 Å². The maximum atomic E-state index is 11.7. The molecule has 28 heavy (non-hydrogen) atoms. The molecule has 8 heteroatoms. The summed E-state index contributed by atoms with van der Waals surface area (Å²) in [6.45, 7) is 1.49. The van der Waals surface area contributed by atoms with E-state index in [9.17, 15) is 14.9 Å². The van der Waals surface area contributed by atoms with E-state index in [0.717, 1.165) is 25.7 Å². The molecule has 6 unspecified atom stereocenters. The molecule has 1 N–H and O–H groups in total. The van der Waals surface area contributed by atoms with Gasteiger partial charge in [-0.05, 0) is 51.9 Å². The fourth-order valence-corrected chi connectivity index (χ4v) is 5.94. The first kappa shape index (κ1) is 19.7. The van der Waals surface area contributed by atoms with Crippen LogP contribution in [0.2, 0.25) is 0 Å². The van der Waals surface area contributed by atoms with Gasteiger partial charge >= 0.3 is 0 Å². The molecule has 6 atom stereocenters. The van der Waals surface area contributed by atoms with E-state index in [2.05, 4.69) is 20.7 Å². The van der Waals surface area contributed by atoms with Crippen LogP contribution in [-0.4, -0.2) is 52.0 Å². The van der Waals surface area contributed by atoms with Crippen molar-refractivity contribution in [3.8, 4) is 0 Å². The highest BCUT2D eigenvalue weighted by molar-refractivity contribution is 5.79. The molecule has 0 amide bonds. The van der Waals surface area contributed by atoms with Crippen molar-refractivity contribution < 1.29 is 9.72 Å². The Morgan fingerprint density at radius 1 is 1.04 bits per heavy atom. The van der Waals surface area contributed by atoms with Crippen LogP contribution in [0.3, 0.4) is 0 Å². The van der Waals surface area contributed by atoms with Crippen LogP contribution in [-0.2, 0) is 4.79 Å². The number of carbonyl (C=O) groups is 1. The number of nitrogens with zero attached hydrogens (tertiary/aromatic N) is 4. The highest BCUT2D eigenvalue weighted by Gasteiger charge is 2.44. The molecule has 1 aliphatic heterocycles. The lowest BCUT2D eigenvalue weighted by atomic mass is 9.79. The van der Waals surface area contributed by atoms with Gasteiger partial charge in [0, 0.05) is 29.5 Å². The Hall–Kier alpha value is -1.57. The molecule has 156 valence electrons. The summed E-state index contributed by atoms with van der Waals surface area (Å²) < 4.78 is 0. The second kappa shape index (κ2) is 8.43. The molecule has 0 bridgehead atoms. The third-order valence-electron chi connectivity index (χ3n) is 7.45. The predicted molar refractivity (Wildman–Crippen MR) is 105 cm³/mol. The predicted octanol–water partition coefficient (Wildman–Crippen LogP) is 3.28. The van der Waals surface area contributed by atoms with Gasteiger partial charge in [0.2, 0.25) is 6.04 Å². The number of carbonyl (C=O) groups excluding carboxylic acids is 1. The summed E-state index contributed by atoms with van der Waals surface area (Å²) in [6, 6.07) is 1.00. The van der Waals surface area contributed by atoms with Crippen LogP contribution >= 0.6 is 0 Å². The molecule has 4 aliphatic rings. The molecule has 3 fully saturated rings. The number of fused-ring (bicyclic) bond motifs is 1. The van der Waals surface area contributed by atoms with Crippen LogP contribution in [0.25, 0.3) is 0 Å². The number of Topliss-reactive ketones (excluding diaryl/α,β-unsaturated/α-hetero) is 1. The zero-order chi connectivity index (χ0) is 19.7. The third-order valence-corrected chi connectivity index (χ3v) is 7.45. The van der Waals surface area contributed by atoms with Crippen molar-refractivity contribution in [2.45, 2.75) is 114 Å². The molecule has 0 spiro atoms. The lowest BCUT2D eigenvalue weighted by molar-refractivity contribution is -0.533. The van der Waals surface area contributed by atoms with E-state index in [0.29, 0.717) is 31.0 Å². The highest BCUT2D eigenvalue weighted by atomic mass is 16.6. The molecular weight excluding hydrogens is 358 g/mol. The number of rotatable bonds is 5. The number of nitro groups is 1. The first-order valence-electron chi connectivity index (χ1n) is 11.1. The molecule has 8 nitrogen and oxygen atoms in total. The number of hydrogen-bond acceptors (Lipinski definition) is 7. The molecular formula is C20H33N5O3. The molecule has 0 aromatic heterocycles. The van der Waals surface area contributed by atoms with Crippen molar-refractivity contribution in [1.82, 2.24) is 10.3 Å². The molecule has 0 aromatic carbocycles. The number of ketones is 1. The Morgan fingerprint density at radius 2 is 1.75 bits per heavy atom. The topological polar surface area (TPSA) is 100 Å². The van der Waals surface area contributed by atoms with E-state index in [1.54, 1.807) is 0 Å². The molecule has 0 radical (unpaired) electrons. The van der Waals surface area contributed by atoms with Crippen LogP contribution in [0.15, 0.2) is 10.3 Å². The summed E-state index contributed by atoms with van der Waals surface area (Å²) in [4.78, 5) is 22.9. The quantitative estimate of drug-likeness (QED) is 0.572. The zero-order valence-electron chi connectivity index (χ0n) is 16.8. The molecule has 3 saturated carbocycles. The van der Waals surface area contributed by atoms with Gasteiger partial charge in [0.05, 0.1) is 18.0 Å². The standard InChI is InChI=1S/C20H33N5O3/c1-13(26)17-9-7-15(12-20(17)25(27)28)21-14-8-10-19-18(11-14)22-23-24(19)16-5-3-2-4-6-16/h14-21H,2-12H2,1H3. The molecule has 1 heterocycles. The summed E-state index contributed by atoms with van der Waals surface area (Å²) >= 11 is 0. The Bertz CT molecular complexity index is 621. The summed E-state index contributed by atoms with van der Waals surface area (Å²) in [5.41, 5.74) is 0. The largest absolute Gasteiger partial charge is 0.311 e. The molecule has 3 aliphatic carbocycles. The van der Waals surface area contributed by atoms with Gasteiger partial charge in [0.15, 0.2) is 0 Å². The van der Waals surface area contributed by atoms with Gasteiger partial charge in [-0.15, -0.1) is 0 Å². The number of hydrogen-bond donors (Lipinski definition) is 1. The van der Waals surface area contributed by atoms with Crippen molar-refractivity contribution >= 4 is 5.78 Å². The highest BCUT2D eigenvalue weighted by Crippen LogP contribution is 2.37. The number of nitrogens with one attached hydrogen (secondary N) is 1. The van der Waals surface area contributed by atoms with Gasteiger partial charge in [-0.2, -0.15) is 5.11 Å². The summed E-state index contributed by atoms with van der Waals surface area (Å²) in [6.07, 6.45) is 11.5. The Morgan fingerprint density at radius 3 is 2.46 bits per heavy atom. The lowest BCUT2D eigenvalue weighted by Crippen LogP contribution is -2.52. The first-order valence-corrected chi connectivity index (χ1v) is 11.1.